The SMILES string of the molecule is O=C(NCCN1CCCC1)c1csc(CN(Cc2ccc(OCc3ccccc3)cc2)Cc2cccc(C(F)(F)F)c2)n1. The largest absolute Gasteiger partial charge is 0.489 e. The Kier molecular flexibility index (Phi) is 10.5. The molecular formula is C33H35F3N4O2S. The van der Waals surface area contributed by atoms with Crippen LogP contribution in [0.3, 0.4) is 0 Å². The fraction of sp³-hybridized carbons (Fsp3) is 0.333. The van der Waals surface area contributed by atoms with Gasteiger partial charge in [-0.15, -0.1) is 11.3 Å². The lowest BCUT2D eigenvalue weighted by molar-refractivity contribution is -0.137. The van der Waals surface area contributed by atoms with Crippen molar-refractivity contribution >= 4 is 17.2 Å². The molecule has 1 N–H and O–H groups in total. The predicted octanol–water partition coefficient (Wildman–Crippen LogP) is 6.77. The summed E-state index contributed by atoms with van der Waals surface area (Å²) in [6, 6.07) is 23.0. The second kappa shape index (κ2) is 14.6. The fourth-order valence-corrected chi connectivity index (χ4v) is 5.88. The zero-order valence-electron chi connectivity index (χ0n) is 23.9. The van der Waals surface area contributed by atoms with Crippen molar-refractivity contribution in [2.75, 3.05) is 26.2 Å². The van der Waals surface area contributed by atoms with E-state index in [1.807, 2.05) is 59.5 Å². The normalized spacial score (nSPS) is 13.9. The van der Waals surface area contributed by atoms with Crippen LogP contribution < -0.4 is 10.1 Å². The second-order valence-corrected chi connectivity index (χ2v) is 11.6. The number of carbonyl (C=O) groups is 1. The van der Waals surface area contributed by atoms with Crippen LogP contribution in [0.1, 0.15) is 50.6 Å². The summed E-state index contributed by atoms with van der Waals surface area (Å²) in [5.41, 5.74) is 2.29. The zero-order chi connectivity index (χ0) is 30.1. The number of hydrogen-bond donors (Lipinski definition) is 1. The van der Waals surface area contributed by atoms with Gasteiger partial charge in [0.05, 0.1) is 12.1 Å². The third kappa shape index (κ3) is 9.38. The highest BCUT2D eigenvalue weighted by atomic mass is 32.1. The number of halogens is 3. The number of ether oxygens (including phenoxy) is 1. The molecule has 0 saturated carbocycles. The van der Waals surface area contributed by atoms with Crippen molar-refractivity contribution in [2.45, 2.75) is 45.3 Å². The smallest absolute Gasteiger partial charge is 0.416 e. The summed E-state index contributed by atoms with van der Waals surface area (Å²) in [7, 11) is 0. The van der Waals surface area contributed by atoms with Crippen LogP contribution in [0.5, 0.6) is 5.75 Å². The van der Waals surface area contributed by atoms with E-state index in [0.29, 0.717) is 37.5 Å². The fourth-order valence-electron chi connectivity index (χ4n) is 5.07. The molecule has 43 heavy (non-hydrogen) atoms. The minimum Gasteiger partial charge on any atom is -0.489 e. The maximum absolute atomic E-state index is 13.4. The molecule has 6 nitrogen and oxygen atoms in total. The lowest BCUT2D eigenvalue weighted by Gasteiger charge is -2.22. The van der Waals surface area contributed by atoms with Crippen molar-refractivity contribution < 1.29 is 22.7 Å². The molecule has 1 saturated heterocycles. The van der Waals surface area contributed by atoms with E-state index in [-0.39, 0.29) is 12.5 Å². The first-order valence-electron chi connectivity index (χ1n) is 14.4. The zero-order valence-corrected chi connectivity index (χ0v) is 24.7. The van der Waals surface area contributed by atoms with Crippen LogP contribution in [0, 0.1) is 0 Å². The molecule has 3 aromatic carbocycles. The Morgan fingerprint density at radius 3 is 2.37 bits per heavy atom. The van der Waals surface area contributed by atoms with Gasteiger partial charge in [-0.3, -0.25) is 9.69 Å². The second-order valence-electron chi connectivity index (χ2n) is 10.7. The van der Waals surface area contributed by atoms with Gasteiger partial charge in [0.15, 0.2) is 0 Å². The highest BCUT2D eigenvalue weighted by molar-refractivity contribution is 7.09. The minimum absolute atomic E-state index is 0.211. The predicted molar refractivity (Wildman–Crippen MR) is 162 cm³/mol. The monoisotopic (exact) mass is 608 g/mol. The van der Waals surface area contributed by atoms with Gasteiger partial charge in [0.2, 0.25) is 0 Å². The van der Waals surface area contributed by atoms with Crippen molar-refractivity contribution in [2.24, 2.45) is 0 Å². The molecule has 1 aliphatic rings. The van der Waals surface area contributed by atoms with Gasteiger partial charge in [-0.25, -0.2) is 4.98 Å². The number of benzene rings is 3. The van der Waals surface area contributed by atoms with E-state index in [9.17, 15) is 18.0 Å². The molecule has 1 aliphatic heterocycles. The Hall–Kier alpha value is -3.73. The van der Waals surface area contributed by atoms with E-state index in [0.717, 1.165) is 47.6 Å². The van der Waals surface area contributed by atoms with Gasteiger partial charge in [-0.05, 0) is 60.8 Å². The van der Waals surface area contributed by atoms with Gasteiger partial charge in [-0.1, -0.05) is 60.7 Å². The quantitative estimate of drug-likeness (QED) is 0.182. The molecular weight excluding hydrogens is 573 g/mol. The van der Waals surface area contributed by atoms with E-state index in [1.165, 1.54) is 36.3 Å². The molecule has 0 atom stereocenters. The van der Waals surface area contributed by atoms with Crippen molar-refractivity contribution in [3.63, 3.8) is 0 Å². The number of nitrogens with one attached hydrogen (secondary N) is 1. The van der Waals surface area contributed by atoms with Crippen LogP contribution >= 0.6 is 11.3 Å². The average Bonchev–Trinajstić information content (AvgIpc) is 3.70. The highest BCUT2D eigenvalue weighted by Crippen LogP contribution is 2.30. The molecule has 4 aromatic rings. The van der Waals surface area contributed by atoms with E-state index in [4.69, 9.17) is 4.74 Å². The first-order valence-corrected chi connectivity index (χ1v) is 15.3. The van der Waals surface area contributed by atoms with Crippen LogP contribution in [0.25, 0.3) is 0 Å². The molecule has 1 aromatic heterocycles. The molecule has 0 radical (unpaired) electrons. The van der Waals surface area contributed by atoms with Crippen LogP contribution in [-0.2, 0) is 32.4 Å². The van der Waals surface area contributed by atoms with Crippen molar-refractivity contribution in [3.05, 3.63) is 117 Å². The summed E-state index contributed by atoms with van der Waals surface area (Å²) < 4.78 is 46.1. The number of likely N-dealkylation sites (tertiary alicyclic amines) is 1. The van der Waals surface area contributed by atoms with Gasteiger partial charge in [0.25, 0.3) is 5.91 Å². The Labute approximate surface area is 254 Å². The Bertz CT molecular complexity index is 1460. The molecule has 0 spiro atoms. The number of amides is 1. The summed E-state index contributed by atoms with van der Waals surface area (Å²) in [5.74, 6) is 0.523. The van der Waals surface area contributed by atoms with Crippen molar-refractivity contribution in [1.82, 2.24) is 20.1 Å². The Balaban J connectivity index is 1.24. The summed E-state index contributed by atoms with van der Waals surface area (Å²) in [6.07, 6.45) is -2.01. The molecule has 5 rings (SSSR count). The maximum Gasteiger partial charge on any atom is 0.416 e. The lowest BCUT2D eigenvalue weighted by atomic mass is 10.1. The summed E-state index contributed by atoms with van der Waals surface area (Å²) in [6.45, 7) is 5.14. The van der Waals surface area contributed by atoms with Crippen LogP contribution in [0.15, 0.2) is 84.2 Å². The molecule has 0 aliphatic carbocycles. The summed E-state index contributed by atoms with van der Waals surface area (Å²) in [4.78, 5) is 21.6. The van der Waals surface area contributed by atoms with Gasteiger partial charge in [0.1, 0.15) is 23.1 Å². The molecule has 1 fully saturated rings. The molecule has 0 bridgehead atoms. The van der Waals surface area contributed by atoms with Crippen molar-refractivity contribution in [1.29, 1.82) is 0 Å². The van der Waals surface area contributed by atoms with E-state index in [1.54, 1.807) is 11.4 Å². The number of aromatic nitrogens is 1. The summed E-state index contributed by atoms with van der Waals surface area (Å²) in [5, 5.41) is 5.41. The first-order chi connectivity index (χ1) is 20.8. The molecule has 10 heteroatoms. The van der Waals surface area contributed by atoms with Gasteiger partial charge >= 0.3 is 6.18 Å². The van der Waals surface area contributed by atoms with Crippen LogP contribution in [0.4, 0.5) is 13.2 Å². The minimum atomic E-state index is -4.41. The lowest BCUT2D eigenvalue weighted by Crippen LogP contribution is -2.33. The number of carbonyl (C=O) groups excluding carboxylic acids is 1. The number of thiazole rings is 1. The topological polar surface area (TPSA) is 57.7 Å². The molecule has 0 unspecified atom stereocenters. The third-order valence-electron chi connectivity index (χ3n) is 7.29. The van der Waals surface area contributed by atoms with Gasteiger partial charge < -0.3 is 15.0 Å². The van der Waals surface area contributed by atoms with E-state index < -0.39 is 11.7 Å². The molecule has 2 heterocycles. The van der Waals surface area contributed by atoms with Gasteiger partial charge in [-0.2, -0.15) is 13.2 Å². The van der Waals surface area contributed by atoms with E-state index >= 15 is 0 Å². The number of hydrogen-bond acceptors (Lipinski definition) is 6. The Morgan fingerprint density at radius 2 is 1.63 bits per heavy atom. The van der Waals surface area contributed by atoms with Crippen LogP contribution in [0.2, 0.25) is 0 Å². The van der Waals surface area contributed by atoms with Gasteiger partial charge in [0, 0.05) is 31.6 Å². The highest BCUT2D eigenvalue weighted by Gasteiger charge is 2.30. The maximum atomic E-state index is 13.4. The standard InChI is InChI=1S/C33H35F3N4O2S/c34-33(35,36)28-10-6-9-27(19-28)21-40(20-25-11-13-29(14-12-25)42-23-26-7-2-1-3-8-26)22-31-38-30(24-43-31)32(41)37-15-18-39-16-4-5-17-39/h1-3,6-14,19,24H,4-5,15-18,20-23H2,(H,37,41). The first kappa shape index (κ1) is 30.7. The molecule has 1 amide bonds. The van der Waals surface area contributed by atoms with Crippen LogP contribution in [-0.4, -0.2) is 46.9 Å². The number of alkyl halides is 3. The summed E-state index contributed by atoms with van der Waals surface area (Å²) >= 11 is 1.38. The third-order valence-corrected chi connectivity index (χ3v) is 8.13. The van der Waals surface area contributed by atoms with E-state index in [2.05, 4.69) is 15.2 Å². The average molecular weight is 609 g/mol. The Morgan fingerprint density at radius 1 is 0.907 bits per heavy atom. The van der Waals surface area contributed by atoms with Crippen molar-refractivity contribution in [3.8, 4) is 5.75 Å². The number of nitrogens with zero attached hydrogens (tertiary/aromatic N) is 3. The molecule has 226 valence electrons. The number of rotatable bonds is 13.